The number of aryl methyl sites for hydroxylation is 1. The normalized spacial score (nSPS) is 10.3. The van der Waals surface area contributed by atoms with Gasteiger partial charge in [0, 0.05) is 18.0 Å². The Kier molecular flexibility index (Phi) is 4.11. The molecule has 0 saturated heterocycles. The second kappa shape index (κ2) is 5.79. The Labute approximate surface area is 114 Å². The number of nitrogens with zero attached hydrogens (tertiary/aromatic N) is 1. The van der Waals surface area contributed by atoms with Gasteiger partial charge in [0.25, 0.3) is 0 Å². The van der Waals surface area contributed by atoms with Crippen LogP contribution in [0, 0.1) is 12.7 Å². The van der Waals surface area contributed by atoms with Crippen LogP contribution in [-0.2, 0) is 11.3 Å². The van der Waals surface area contributed by atoms with Crippen LogP contribution in [0.2, 0.25) is 0 Å². The first-order valence-electron chi connectivity index (χ1n) is 5.76. The number of halogens is 1. The van der Waals surface area contributed by atoms with Crippen molar-refractivity contribution >= 4 is 28.6 Å². The Morgan fingerprint density at radius 1 is 1.47 bits per heavy atom. The molecule has 2 aromatic rings. The molecule has 0 spiro atoms. The quantitative estimate of drug-likeness (QED) is 0.904. The zero-order valence-corrected chi connectivity index (χ0v) is 11.5. The molecule has 0 fully saturated rings. The number of carbonyl (C=O) groups is 1. The van der Waals surface area contributed by atoms with Crippen LogP contribution in [0.3, 0.4) is 0 Å². The number of hydrogen-bond acceptors (Lipinski definition) is 4. The summed E-state index contributed by atoms with van der Waals surface area (Å²) in [5, 5.41) is 8.49. The maximum absolute atomic E-state index is 13.6. The minimum Gasteiger partial charge on any atom is -0.377 e. The Morgan fingerprint density at radius 2 is 2.26 bits per heavy atom. The molecule has 0 aliphatic rings. The topological polar surface area (TPSA) is 54.0 Å². The van der Waals surface area contributed by atoms with Crippen molar-refractivity contribution < 1.29 is 9.18 Å². The van der Waals surface area contributed by atoms with Gasteiger partial charge in [-0.2, -0.15) is 0 Å². The smallest absolute Gasteiger partial charge is 0.221 e. The second-order valence-corrected chi connectivity index (χ2v) is 5.15. The molecule has 6 heteroatoms. The number of rotatable bonds is 4. The molecule has 0 bridgehead atoms. The van der Waals surface area contributed by atoms with E-state index < -0.39 is 0 Å². The molecular weight excluding hydrogens is 265 g/mol. The van der Waals surface area contributed by atoms with Gasteiger partial charge in [-0.05, 0) is 25.1 Å². The Bertz CT molecular complexity index is 597. The molecule has 0 saturated carbocycles. The van der Waals surface area contributed by atoms with Gasteiger partial charge in [-0.15, -0.1) is 11.3 Å². The van der Waals surface area contributed by atoms with Crippen LogP contribution in [-0.4, -0.2) is 10.9 Å². The fourth-order valence-electron chi connectivity index (χ4n) is 1.62. The van der Waals surface area contributed by atoms with Crippen molar-refractivity contribution in [3.8, 4) is 0 Å². The summed E-state index contributed by atoms with van der Waals surface area (Å²) >= 11 is 1.55. The van der Waals surface area contributed by atoms with Gasteiger partial charge in [0.05, 0.1) is 22.9 Å². The highest BCUT2D eigenvalue weighted by Gasteiger charge is 2.05. The number of thiazole rings is 1. The van der Waals surface area contributed by atoms with Crippen molar-refractivity contribution in [3.05, 3.63) is 40.1 Å². The molecule has 1 amide bonds. The van der Waals surface area contributed by atoms with Crippen molar-refractivity contribution in [2.45, 2.75) is 20.4 Å². The highest BCUT2D eigenvalue weighted by molar-refractivity contribution is 7.09. The van der Waals surface area contributed by atoms with Gasteiger partial charge in [0.15, 0.2) is 0 Å². The molecule has 100 valence electrons. The largest absolute Gasteiger partial charge is 0.377 e. The van der Waals surface area contributed by atoms with Crippen LogP contribution in [0.5, 0.6) is 0 Å². The van der Waals surface area contributed by atoms with Crippen molar-refractivity contribution in [2.75, 3.05) is 10.6 Å². The van der Waals surface area contributed by atoms with E-state index in [1.165, 1.54) is 19.1 Å². The van der Waals surface area contributed by atoms with E-state index in [4.69, 9.17) is 0 Å². The highest BCUT2D eigenvalue weighted by Crippen LogP contribution is 2.20. The van der Waals surface area contributed by atoms with Gasteiger partial charge in [-0.3, -0.25) is 4.79 Å². The maximum Gasteiger partial charge on any atom is 0.221 e. The van der Waals surface area contributed by atoms with E-state index in [9.17, 15) is 9.18 Å². The third-order valence-electron chi connectivity index (χ3n) is 2.41. The first-order chi connectivity index (χ1) is 9.04. The molecule has 0 aliphatic heterocycles. The highest BCUT2D eigenvalue weighted by atomic mass is 32.1. The van der Waals surface area contributed by atoms with E-state index in [0.717, 1.165) is 10.7 Å². The summed E-state index contributed by atoms with van der Waals surface area (Å²) in [6.07, 6.45) is 0. The summed E-state index contributed by atoms with van der Waals surface area (Å²) in [7, 11) is 0. The number of hydrogen-bond donors (Lipinski definition) is 2. The number of anilines is 2. The predicted molar refractivity (Wildman–Crippen MR) is 74.9 cm³/mol. The SMILES string of the molecule is CC(=O)Nc1ccc(F)c(NCc2csc(C)n2)c1. The fourth-order valence-corrected chi connectivity index (χ4v) is 2.23. The van der Waals surface area contributed by atoms with Crippen molar-refractivity contribution in [1.82, 2.24) is 4.98 Å². The summed E-state index contributed by atoms with van der Waals surface area (Å²) in [5.41, 5.74) is 1.77. The zero-order valence-electron chi connectivity index (χ0n) is 10.7. The summed E-state index contributed by atoms with van der Waals surface area (Å²) in [6, 6.07) is 4.41. The molecule has 0 radical (unpaired) electrons. The lowest BCUT2D eigenvalue weighted by molar-refractivity contribution is -0.114. The average molecular weight is 279 g/mol. The van der Waals surface area contributed by atoms with Crippen molar-refractivity contribution in [1.29, 1.82) is 0 Å². The molecule has 1 aromatic carbocycles. The van der Waals surface area contributed by atoms with Crippen LogP contribution < -0.4 is 10.6 Å². The van der Waals surface area contributed by atoms with E-state index >= 15 is 0 Å². The van der Waals surface area contributed by atoms with Gasteiger partial charge in [-0.1, -0.05) is 0 Å². The molecule has 2 N–H and O–H groups in total. The van der Waals surface area contributed by atoms with Crippen LogP contribution in [0.1, 0.15) is 17.6 Å². The van der Waals surface area contributed by atoms with E-state index in [1.54, 1.807) is 17.4 Å². The number of nitrogens with one attached hydrogen (secondary N) is 2. The van der Waals surface area contributed by atoms with Crippen LogP contribution in [0.15, 0.2) is 23.6 Å². The minimum absolute atomic E-state index is 0.187. The summed E-state index contributed by atoms with van der Waals surface area (Å²) in [5.74, 6) is -0.547. The van der Waals surface area contributed by atoms with Gasteiger partial charge < -0.3 is 10.6 Å². The summed E-state index contributed by atoms with van der Waals surface area (Å²) in [6.45, 7) is 3.78. The number of amides is 1. The lowest BCUT2D eigenvalue weighted by Gasteiger charge is -2.09. The van der Waals surface area contributed by atoms with E-state index in [1.807, 2.05) is 12.3 Å². The van der Waals surface area contributed by atoms with E-state index in [0.29, 0.717) is 17.9 Å². The van der Waals surface area contributed by atoms with Gasteiger partial charge in [0.1, 0.15) is 5.82 Å². The molecule has 4 nitrogen and oxygen atoms in total. The monoisotopic (exact) mass is 279 g/mol. The summed E-state index contributed by atoms with van der Waals surface area (Å²) in [4.78, 5) is 15.2. The average Bonchev–Trinajstić information content (AvgIpc) is 2.75. The Morgan fingerprint density at radius 3 is 2.89 bits per heavy atom. The summed E-state index contributed by atoms with van der Waals surface area (Å²) < 4.78 is 13.6. The van der Waals surface area contributed by atoms with Crippen LogP contribution in [0.25, 0.3) is 0 Å². The zero-order chi connectivity index (χ0) is 13.8. The molecular formula is C13H14FN3OS. The molecule has 0 unspecified atom stereocenters. The Hall–Kier alpha value is -1.95. The molecule has 19 heavy (non-hydrogen) atoms. The van der Waals surface area contributed by atoms with Crippen LogP contribution in [0.4, 0.5) is 15.8 Å². The standard InChI is InChI=1S/C13H14FN3OS/c1-8(18)16-10-3-4-12(14)13(5-10)15-6-11-7-19-9(2)17-11/h3-5,7,15H,6H2,1-2H3,(H,16,18). The first kappa shape index (κ1) is 13.5. The molecule has 1 heterocycles. The van der Waals surface area contributed by atoms with Gasteiger partial charge >= 0.3 is 0 Å². The van der Waals surface area contributed by atoms with Gasteiger partial charge in [0.2, 0.25) is 5.91 Å². The Balaban J connectivity index is 2.08. The number of benzene rings is 1. The molecule has 0 atom stereocenters. The van der Waals surface area contributed by atoms with E-state index in [-0.39, 0.29) is 11.7 Å². The van der Waals surface area contributed by atoms with Crippen LogP contribution >= 0.6 is 11.3 Å². The third kappa shape index (κ3) is 3.75. The third-order valence-corrected chi connectivity index (χ3v) is 3.24. The number of carbonyl (C=O) groups excluding carboxylic acids is 1. The molecule has 1 aromatic heterocycles. The fraction of sp³-hybridized carbons (Fsp3) is 0.231. The second-order valence-electron chi connectivity index (χ2n) is 4.09. The lowest BCUT2D eigenvalue weighted by Crippen LogP contribution is -2.07. The maximum atomic E-state index is 13.6. The molecule has 2 rings (SSSR count). The number of aromatic nitrogens is 1. The first-order valence-corrected chi connectivity index (χ1v) is 6.64. The van der Waals surface area contributed by atoms with Crippen molar-refractivity contribution in [3.63, 3.8) is 0 Å². The minimum atomic E-state index is -0.360. The van der Waals surface area contributed by atoms with E-state index in [2.05, 4.69) is 15.6 Å². The molecule has 0 aliphatic carbocycles. The van der Waals surface area contributed by atoms with Crippen molar-refractivity contribution in [2.24, 2.45) is 0 Å². The van der Waals surface area contributed by atoms with Gasteiger partial charge in [-0.25, -0.2) is 9.37 Å². The predicted octanol–water partition coefficient (Wildman–Crippen LogP) is 3.16. The lowest BCUT2D eigenvalue weighted by atomic mass is 10.2.